The van der Waals surface area contributed by atoms with Crippen LogP contribution in [0.25, 0.3) is 49.5 Å². The highest BCUT2D eigenvalue weighted by Crippen LogP contribution is 2.59. The van der Waals surface area contributed by atoms with Crippen LogP contribution in [0, 0.1) is 6.57 Å². The van der Waals surface area contributed by atoms with Crippen LogP contribution in [-0.2, 0) is 105 Å². The number of quaternary nitrogens is 2. The Labute approximate surface area is 799 Å². The summed E-state index contributed by atoms with van der Waals surface area (Å²) in [6.07, 6.45) is -18.6. The molecule has 0 spiro atoms. The number of phosphoric acid groups is 1. The molecule has 138 heavy (non-hydrogen) atoms. The second kappa shape index (κ2) is 45.5. The summed E-state index contributed by atoms with van der Waals surface area (Å²) in [6.45, 7) is 10.9. The SMILES string of the molecule is CC[NH+](CC)CC.CC[NH+](CC)CC.O=C(Nc1ncnc2c1ncn2[C@@H]1O[C@@H]2COP(O)(=S)O[C@H]3[C@@H](F)[C@H](n4cnc5c(NC(=O)c6ccccc6)ncnc54)O[C@@H]3COP(=O)([S-])O[C@H]2[C@H]1F)c1ccccc1.[C-]#[N+]CCOP1(=O)OC[C@H]2O[C@@H](n3cnc4c(NC(=O)c5ccccc5)ncnc43)[C@H](F)[C@@H]2OP(O)(=S)OC[C@H]2O[C@@H](n3cnc4c(NC(=O)c5ccccc5)ncnc43)[C@H](F)[C@@H]2O1. The number of carbonyl (C=O) groups excluding carboxylic acids is 4. The molecule has 4 amide bonds. The summed E-state index contributed by atoms with van der Waals surface area (Å²) in [6, 6.07) is 33.3. The molecule has 55 heteroatoms. The van der Waals surface area contributed by atoms with E-state index in [-0.39, 0.29) is 74.5 Å². The molecule has 6 saturated heterocycles. The number of benzene rings is 4. The zero-order valence-electron chi connectivity index (χ0n) is 74.2. The molecule has 0 aliphatic carbocycles. The third kappa shape index (κ3) is 23.6. The smallest absolute Gasteiger partial charge is 0.475 e. The minimum atomic E-state index is -4.91. The van der Waals surface area contributed by atoms with E-state index < -0.39 is 183 Å². The summed E-state index contributed by atoms with van der Waals surface area (Å²) < 4.78 is 174. The van der Waals surface area contributed by atoms with Crippen molar-refractivity contribution >= 4 is 155 Å². The van der Waals surface area contributed by atoms with Crippen LogP contribution >= 0.6 is 28.1 Å². The first kappa shape index (κ1) is 102. The van der Waals surface area contributed by atoms with E-state index in [9.17, 15) is 38.1 Å². The zero-order chi connectivity index (χ0) is 97.7. The lowest BCUT2D eigenvalue weighted by atomic mass is 10.1. The molecule has 44 nitrogen and oxygen atoms in total. The minimum absolute atomic E-state index is 0.00839. The maximum Gasteiger partial charge on any atom is 0.475 e. The summed E-state index contributed by atoms with van der Waals surface area (Å²) in [5, 5.41) is 10.6. The number of hydrogen-bond acceptors (Lipinski definition) is 34. The molecule has 8 N–H and O–H groups in total. The van der Waals surface area contributed by atoms with E-state index in [4.69, 9.17) is 102 Å². The third-order valence-corrected chi connectivity index (χ3v) is 28.9. The van der Waals surface area contributed by atoms with Gasteiger partial charge in [-0.3, -0.25) is 64.6 Å². The van der Waals surface area contributed by atoms with Gasteiger partial charge in [-0.05, 0) is 114 Å². The molecular weight excluding hydrogens is 1950 g/mol. The predicted molar refractivity (Wildman–Crippen MR) is 496 cm³/mol. The highest BCUT2D eigenvalue weighted by Gasteiger charge is 2.57. The predicted octanol–water partition coefficient (Wildman–Crippen LogP) is 8.91. The summed E-state index contributed by atoms with van der Waals surface area (Å²) in [5.74, 6) is -1.87. The van der Waals surface area contributed by atoms with Crippen molar-refractivity contribution in [2.75, 3.05) is 100 Å². The van der Waals surface area contributed by atoms with Gasteiger partial charge in [0.15, 0.2) is 124 Å². The average molecular weight is 2050 g/mol. The fraction of sp³-hybridized carbons (Fsp3) is 0.410. The topological polar surface area (TPSA) is 499 Å². The highest BCUT2D eigenvalue weighted by atomic mass is 32.7. The van der Waals surface area contributed by atoms with Crippen molar-refractivity contribution in [2.45, 2.75) is 140 Å². The number of fused-ring (bicyclic) bond motifs is 8. The van der Waals surface area contributed by atoms with E-state index in [0.717, 1.165) is 25.3 Å². The van der Waals surface area contributed by atoms with Crippen molar-refractivity contribution in [2.24, 2.45) is 0 Å². The fourth-order valence-electron chi connectivity index (χ4n) is 15.5. The summed E-state index contributed by atoms with van der Waals surface area (Å²) in [5.41, 5.74) is 1.85. The lowest BCUT2D eigenvalue weighted by Gasteiger charge is -2.33. The van der Waals surface area contributed by atoms with Gasteiger partial charge in [0.25, 0.3) is 23.6 Å². The van der Waals surface area contributed by atoms with Crippen LogP contribution in [-0.4, -0.2) is 264 Å². The van der Waals surface area contributed by atoms with Gasteiger partial charge in [-0.15, -0.1) is 0 Å². The lowest BCUT2D eigenvalue weighted by molar-refractivity contribution is -0.894. The molecule has 14 heterocycles. The molecule has 8 aromatic heterocycles. The summed E-state index contributed by atoms with van der Waals surface area (Å²) in [7, 11) is -4.91. The van der Waals surface area contributed by atoms with E-state index in [2.05, 4.69) is 127 Å². The summed E-state index contributed by atoms with van der Waals surface area (Å²) in [4.78, 5) is 131. The number of hydrogen-bond donors (Lipinski definition) is 8. The largest absolute Gasteiger partial charge is 0.660 e. The molecule has 0 bridgehead atoms. The number of anilines is 4. The van der Waals surface area contributed by atoms with Gasteiger partial charge in [0.1, 0.15) is 80.7 Å². The second-order valence-corrected chi connectivity index (χ2v) is 41.0. The van der Waals surface area contributed by atoms with E-state index in [1.807, 2.05) is 0 Å². The Morgan fingerprint density at radius 2 is 0.681 bits per heavy atom. The maximum atomic E-state index is 16.8. The van der Waals surface area contributed by atoms with Crippen LogP contribution in [0.15, 0.2) is 172 Å². The van der Waals surface area contributed by atoms with Crippen LogP contribution in [0.2, 0.25) is 0 Å². The molecule has 0 saturated carbocycles. The van der Waals surface area contributed by atoms with Crippen LogP contribution < -0.4 is 31.1 Å². The molecule has 4 unspecified atom stereocenters. The Bertz CT molecular complexity index is 6320. The number of phosphoric ester groups is 1. The number of amides is 4. The van der Waals surface area contributed by atoms with Gasteiger partial charge in [-0.25, -0.2) is 88.5 Å². The van der Waals surface area contributed by atoms with Gasteiger partial charge in [0.2, 0.25) is 6.54 Å². The van der Waals surface area contributed by atoms with E-state index >= 15 is 17.6 Å². The minimum Gasteiger partial charge on any atom is -0.660 e. The van der Waals surface area contributed by atoms with Crippen LogP contribution in [0.3, 0.4) is 0 Å². The molecule has 6 aliphatic heterocycles. The molecule has 732 valence electrons. The molecule has 12 aromatic rings. The molecule has 0 radical (unpaired) electrons. The Morgan fingerprint density at radius 3 is 0.949 bits per heavy atom. The number of ether oxygens (including phenoxy) is 4. The van der Waals surface area contributed by atoms with Crippen LogP contribution in [0.4, 0.5) is 40.8 Å². The molecule has 6 aliphatic rings. The van der Waals surface area contributed by atoms with Crippen LogP contribution in [0.5, 0.6) is 0 Å². The van der Waals surface area contributed by atoms with Crippen molar-refractivity contribution in [1.82, 2.24) is 78.1 Å². The summed E-state index contributed by atoms with van der Waals surface area (Å²) >= 11 is 15.7. The fourth-order valence-corrected chi connectivity index (χ4v) is 21.1. The van der Waals surface area contributed by atoms with Gasteiger partial charge in [0.05, 0.1) is 91.0 Å². The number of rotatable bonds is 21. The monoisotopic (exact) mass is 2040 g/mol. The average Bonchev–Trinajstić information content (AvgIpc) is 1.61. The first-order chi connectivity index (χ1) is 66.5. The molecule has 18 rings (SSSR count). The first-order valence-electron chi connectivity index (χ1n) is 43.3. The number of nitrogens with zero attached hydrogens (tertiary/aromatic N) is 17. The van der Waals surface area contributed by atoms with E-state index in [0.29, 0.717) is 22.3 Å². The van der Waals surface area contributed by atoms with Crippen molar-refractivity contribution < 1.29 is 125 Å². The molecule has 20 atom stereocenters. The highest BCUT2D eigenvalue weighted by molar-refractivity contribution is 8.32. The normalized spacial score (nSPS) is 28.2. The zero-order valence-corrected chi connectivity index (χ0v) is 80.2. The Balaban J connectivity index is 0.000000184. The number of aromatic nitrogens is 16. The number of carbonyl (C=O) groups is 4. The van der Waals surface area contributed by atoms with E-state index in [1.54, 1.807) is 131 Å². The van der Waals surface area contributed by atoms with Gasteiger partial charge < -0.3 is 95.0 Å². The van der Waals surface area contributed by atoms with Gasteiger partial charge in [-0.2, -0.15) is 0 Å². The standard InChI is InChI=1S/C37H33F2N11O11P2S.C34H30F2N10O10P2S2.2C6H15N/c1-40-12-13-55-62(53)56-14-22-29(25(39)37(58-22)50-19-46-27-31(42-17-44-33(27)50)48-35(52)21-10-6-3-7-11-21)61-63(54,64)57-15-23-28(60-62)24(38)36(59-23)49-18-45-26-30(41-16-43-32(26)49)47-34(51)20-8-4-2-5-9-20;35-21-25-19(53-33(21)45-15-41-23-27(37-13-39-29(23)45)43-31(47)17-7-3-1-4-8-17)11-51-58(50,60)56-26-20(12-52-57(49,59)55-25)54-34(22(26)36)46-16-42-24-28(38-14-40-30(24)46)44-32(48)18-9-5-2-6-10-18;2*1-4-7(5-2)6-3/h2-11,16-19,22-25,28-29,36-37H,12-15H2,(H,54,64)(H,41,43,47,51)(H,42,44,48,52);1-10,13-16,19-22,25-26,33-34H,11-12H2,(H,49,59)(H,50,60)(H,37,39,43,47)(H,38,40,44,48);2*4-6H2,1-3H3/p+1/t22-,23-,24-,25-,28-,29-,36-,37-,62?,63?;19-,20-,21-,22-,25-,26-,33-,34-,57?,58?;;/m11../s1. The van der Waals surface area contributed by atoms with Gasteiger partial charge in [0, 0.05) is 22.3 Å². The Kier molecular flexibility index (Phi) is 33.6. The van der Waals surface area contributed by atoms with Crippen molar-refractivity contribution in [3.63, 3.8) is 0 Å². The quantitative estimate of drug-likeness (QED) is 0.0109. The first-order valence-corrected chi connectivity index (χ1v) is 52.5. The van der Waals surface area contributed by atoms with Gasteiger partial charge >= 0.3 is 21.3 Å². The maximum absolute atomic E-state index is 16.8. The van der Waals surface area contributed by atoms with Crippen molar-refractivity contribution in [3.8, 4) is 0 Å². The number of alkyl halides is 4. The Morgan fingerprint density at radius 1 is 0.420 bits per heavy atom. The number of halogens is 4. The number of nitrogens with one attached hydrogen (secondary N) is 6. The second-order valence-electron chi connectivity index (χ2n) is 31.1. The van der Waals surface area contributed by atoms with Gasteiger partial charge in [-0.1, -0.05) is 72.8 Å². The van der Waals surface area contributed by atoms with Crippen molar-refractivity contribution in [1.29, 1.82) is 0 Å². The molecule has 6 fully saturated rings. The van der Waals surface area contributed by atoms with Crippen molar-refractivity contribution in [3.05, 3.63) is 206 Å². The third-order valence-electron chi connectivity index (χ3n) is 22.7. The Hall–Kier alpha value is -10.4. The molecule has 4 aromatic carbocycles. The lowest BCUT2D eigenvalue weighted by Crippen LogP contribution is -3.11. The molecular formula is C83H94F4N23O21P4S3+. The van der Waals surface area contributed by atoms with E-state index in [1.165, 1.54) is 82.8 Å². The number of imidazole rings is 4. The van der Waals surface area contributed by atoms with Crippen LogP contribution in [0.1, 0.15) is 108 Å².